The summed E-state index contributed by atoms with van der Waals surface area (Å²) in [7, 11) is 0. The largest absolute Gasteiger partial charge is 0.394 e. The van der Waals surface area contributed by atoms with Crippen molar-refractivity contribution in [3.63, 3.8) is 0 Å². The van der Waals surface area contributed by atoms with Crippen LogP contribution in [0, 0.1) is 11.8 Å². The number of H-pyrrole nitrogens is 1. The summed E-state index contributed by atoms with van der Waals surface area (Å²) in [5.41, 5.74) is -0.489. The Hall–Kier alpha value is -5.75. The van der Waals surface area contributed by atoms with Crippen LogP contribution >= 0.6 is 0 Å². The monoisotopic (exact) mass is 607 g/mol. The predicted molar refractivity (Wildman–Crippen MR) is 159 cm³/mol. The number of ether oxygens (including phenoxy) is 1. The lowest BCUT2D eigenvalue weighted by Crippen LogP contribution is -2.38. The van der Waals surface area contributed by atoms with E-state index in [-0.39, 0.29) is 46.6 Å². The maximum atomic E-state index is 13.7. The fourth-order valence-electron chi connectivity index (χ4n) is 4.91. The second-order valence-electron chi connectivity index (χ2n) is 10.0. The molecule has 0 saturated carbocycles. The van der Waals surface area contributed by atoms with Gasteiger partial charge in [0.2, 0.25) is 0 Å². The Morgan fingerprint density at radius 3 is 2.29 bits per heavy atom. The lowest BCUT2D eigenvalue weighted by Gasteiger charge is -2.20. The van der Waals surface area contributed by atoms with Crippen LogP contribution in [-0.4, -0.2) is 69.9 Å². The molecule has 4 heterocycles. The van der Waals surface area contributed by atoms with Crippen LogP contribution in [0.15, 0.2) is 89.1 Å². The standard InChI is InChI=1S/C31H25N7O7/c39-16-23-22(40)14-24(45-23)37-15-21(28(41)35-31(37)44)12-7-13-36-18-34-25-26(36)32-17-33-27(25)38(29(42)19-8-3-1-4-9-19)30(43)20-10-5-2-6-11-20/h1-6,8-11,15,17-18,22-24,39-40H,13-14,16H2,(H,35,41,44)/t22-,23+,24+/m0/s1. The Morgan fingerprint density at radius 1 is 1.00 bits per heavy atom. The first-order valence-electron chi connectivity index (χ1n) is 13.8. The quantitative estimate of drug-likeness (QED) is 0.185. The number of aliphatic hydroxyl groups excluding tert-OH is 2. The molecule has 3 atom stereocenters. The van der Waals surface area contributed by atoms with E-state index in [9.17, 15) is 29.4 Å². The van der Waals surface area contributed by atoms with Gasteiger partial charge in [-0.3, -0.25) is 23.9 Å². The lowest BCUT2D eigenvalue weighted by atomic mass is 10.1. The van der Waals surface area contributed by atoms with E-state index in [0.29, 0.717) is 0 Å². The first-order valence-corrected chi connectivity index (χ1v) is 13.8. The summed E-state index contributed by atoms with van der Waals surface area (Å²) in [6, 6.07) is 16.6. The Kier molecular flexibility index (Phi) is 8.12. The van der Waals surface area contributed by atoms with Gasteiger partial charge in [0, 0.05) is 23.7 Å². The van der Waals surface area contributed by atoms with Crippen molar-refractivity contribution in [1.29, 1.82) is 0 Å². The summed E-state index contributed by atoms with van der Waals surface area (Å²) in [4.78, 5) is 68.3. The maximum absolute atomic E-state index is 13.7. The van der Waals surface area contributed by atoms with E-state index in [4.69, 9.17) is 4.74 Å². The van der Waals surface area contributed by atoms with Gasteiger partial charge in [-0.25, -0.2) is 24.6 Å². The number of anilines is 1. The van der Waals surface area contributed by atoms with Gasteiger partial charge in [-0.1, -0.05) is 48.2 Å². The highest BCUT2D eigenvalue weighted by Crippen LogP contribution is 2.27. The highest BCUT2D eigenvalue weighted by Gasteiger charge is 2.35. The van der Waals surface area contributed by atoms with E-state index in [1.807, 2.05) is 0 Å². The number of hydrogen-bond acceptors (Lipinski definition) is 10. The molecule has 2 amide bonds. The van der Waals surface area contributed by atoms with Crippen molar-refractivity contribution in [3.05, 3.63) is 117 Å². The van der Waals surface area contributed by atoms with Gasteiger partial charge in [0.05, 0.1) is 25.6 Å². The summed E-state index contributed by atoms with van der Waals surface area (Å²) < 4.78 is 8.19. The average Bonchev–Trinajstić information content (AvgIpc) is 3.66. The minimum absolute atomic E-state index is 0.00396. The molecule has 14 heteroatoms. The number of nitrogens with one attached hydrogen (secondary N) is 1. The van der Waals surface area contributed by atoms with Crippen LogP contribution in [0.3, 0.4) is 0 Å². The van der Waals surface area contributed by atoms with Crippen LogP contribution in [-0.2, 0) is 11.3 Å². The number of aromatic amines is 1. The Balaban J connectivity index is 1.32. The van der Waals surface area contributed by atoms with Crippen LogP contribution in [0.1, 0.15) is 38.9 Å². The molecule has 1 aliphatic heterocycles. The first-order chi connectivity index (χ1) is 21.9. The van der Waals surface area contributed by atoms with Gasteiger partial charge in [-0.15, -0.1) is 0 Å². The average molecular weight is 608 g/mol. The third kappa shape index (κ3) is 5.78. The van der Waals surface area contributed by atoms with Gasteiger partial charge in [0.1, 0.15) is 24.2 Å². The molecular weight excluding hydrogens is 582 g/mol. The summed E-state index contributed by atoms with van der Waals surface area (Å²) in [5, 5.41) is 19.4. The van der Waals surface area contributed by atoms with Crippen LogP contribution in [0.25, 0.3) is 11.2 Å². The van der Waals surface area contributed by atoms with Gasteiger partial charge >= 0.3 is 5.69 Å². The lowest BCUT2D eigenvalue weighted by molar-refractivity contribution is -0.0459. The van der Waals surface area contributed by atoms with Crippen molar-refractivity contribution < 1.29 is 24.5 Å². The maximum Gasteiger partial charge on any atom is 0.330 e. The molecule has 1 saturated heterocycles. The number of imide groups is 1. The van der Waals surface area contributed by atoms with Gasteiger partial charge < -0.3 is 19.5 Å². The van der Waals surface area contributed by atoms with Gasteiger partial charge in [0.25, 0.3) is 17.4 Å². The second kappa shape index (κ2) is 12.5. The number of carbonyl (C=O) groups excluding carboxylic acids is 2. The Bertz CT molecular complexity index is 2010. The van der Waals surface area contributed by atoms with Crippen molar-refractivity contribution in [3.8, 4) is 11.8 Å². The fraction of sp³-hybridized carbons (Fsp3) is 0.194. The van der Waals surface area contributed by atoms with Crippen LogP contribution < -0.4 is 16.1 Å². The molecule has 1 aliphatic rings. The van der Waals surface area contributed by atoms with Crippen LogP contribution in [0.2, 0.25) is 0 Å². The second-order valence-corrected chi connectivity index (χ2v) is 10.0. The summed E-state index contributed by atoms with van der Waals surface area (Å²) in [6.07, 6.45) is 1.19. The predicted octanol–water partition coefficient (Wildman–Crippen LogP) is 0.856. The molecule has 3 aromatic heterocycles. The van der Waals surface area contributed by atoms with Crippen LogP contribution in [0.5, 0.6) is 0 Å². The Morgan fingerprint density at radius 2 is 1.67 bits per heavy atom. The highest BCUT2D eigenvalue weighted by atomic mass is 16.5. The van der Waals surface area contributed by atoms with Gasteiger partial charge in [-0.05, 0) is 24.3 Å². The molecule has 2 aromatic carbocycles. The number of nitrogens with zero attached hydrogens (tertiary/aromatic N) is 6. The summed E-state index contributed by atoms with van der Waals surface area (Å²) in [5.74, 6) is 4.36. The zero-order valence-corrected chi connectivity index (χ0v) is 23.5. The zero-order valence-electron chi connectivity index (χ0n) is 23.5. The van der Waals surface area contributed by atoms with E-state index in [2.05, 4.69) is 31.8 Å². The highest BCUT2D eigenvalue weighted by molar-refractivity contribution is 6.27. The van der Waals surface area contributed by atoms with Crippen molar-refractivity contribution in [1.82, 2.24) is 29.1 Å². The third-order valence-electron chi connectivity index (χ3n) is 7.18. The van der Waals surface area contributed by atoms with E-state index < -0.39 is 48.1 Å². The van der Waals surface area contributed by atoms with Gasteiger partial charge in [-0.2, -0.15) is 0 Å². The molecule has 0 aliphatic carbocycles. The van der Waals surface area contributed by atoms with Crippen molar-refractivity contribution in [2.75, 3.05) is 11.5 Å². The molecule has 45 heavy (non-hydrogen) atoms. The van der Waals surface area contributed by atoms with Gasteiger partial charge in [0.15, 0.2) is 17.0 Å². The van der Waals surface area contributed by atoms with E-state index >= 15 is 0 Å². The van der Waals surface area contributed by atoms with Crippen LogP contribution in [0.4, 0.5) is 5.82 Å². The number of hydrogen-bond donors (Lipinski definition) is 3. The Labute approximate surface area is 254 Å². The zero-order chi connectivity index (χ0) is 31.5. The number of aromatic nitrogens is 6. The molecule has 0 spiro atoms. The SMILES string of the molecule is O=C(c1ccccc1)N(C(=O)c1ccccc1)c1ncnc2c1ncn2CC#Cc1cn([C@H]2C[C@H](O)[C@@H](CO)O2)c(=O)[nH]c1=O. The number of imidazole rings is 1. The number of fused-ring (bicyclic) bond motifs is 1. The van der Waals surface area contributed by atoms with E-state index in [1.54, 1.807) is 65.2 Å². The topological polar surface area (TPSA) is 186 Å². The van der Waals surface area contributed by atoms with E-state index in [1.165, 1.54) is 18.9 Å². The fourth-order valence-corrected chi connectivity index (χ4v) is 4.91. The normalized spacial score (nSPS) is 17.5. The number of benzene rings is 2. The molecule has 0 radical (unpaired) electrons. The number of carbonyl (C=O) groups is 2. The molecule has 0 unspecified atom stereocenters. The minimum Gasteiger partial charge on any atom is -0.394 e. The molecule has 3 N–H and O–H groups in total. The number of aliphatic hydroxyl groups is 2. The minimum atomic E-state index is -0.975. The first kappa shape index (κ1) is 29.3. The molecule has 14 nitrogen and oxygen atoms in total. The summed E-state index contributed by atoms with van der Waals surface area (Å²) in [6.45, 7) is -0.429. The number of amides is 2. The summed E-state index contributed by atoms with van der Waals surface area (Å²) >= 11 is 0. The molecule has 5 aromatic rings. The van der Waals surface area contributed by atoms with Crippen molar-refractivity contribution in [2.24, 2.45) is 0 Å². The molecule has 0 bridgehead atoms. The molecule has 226 valence electrons. The number of rotatable bonds is 6. The van der Waals surface area contributed by atoms with Crippen molar-refractivity contribution >= 4 is 28.8 Å². The molecule has 6 rings (SSSR count). The molecule has 1 fully saturated rings. The van der Waals surface area contributed by atoms with E-state index in [0.717, 1.165) is 9.47 Å². The van der Waals surface area contributed by atoms with Crippen molar-refractivity contribution in [2.45, 2.75) is 31.4 Å². The third-order valence-corrected chi connectivity index (χ3v) is 7.18. The smallest absolute Gasteiger partial charge is 0.330 e. The molecular formula is C31H25N7O7.